The molecule has 2 aliphatic heterocycles. The molecule has 1 N–H and O–H groups in total. The van der Waals surface area contributed by atoms with Crippen molar-refractivity contribution >= 4 is 11.8 Å². The fourth-order valence-corrected chi connectivity index (χ4v) is 5.01. The van der Waals surface area contributed by atoms with Crippen molar-refractivity contribution in [2.75, 3.05) is 40.4 Å². The Hall–Kier alpha value is -3.73. The van der Waals surface area contributed by atoms with E-state index in [0.717, 1.165) is 23.5 Å². The molecule has 10 nitrogen and oxygen atoms in total. The average Bonchev–Trinajstić information content (AvgIpc) is 3.52. The minimum absolute atomic E-state index is 0.0629. The molecule has 39 heavy (non-hydrogen) atoms. The second-order valence-corrected chi connectivity index (χ2v) is 10.1. The molecule has 0 spiro atoms. The SMILES string of the molecule is COCCn1ccnc1CN1C[C@@H]2NC(=O)CN(C)C(=O)c3ccc(C)c(c3)Oc3cccc(c3)CO[C@H]2C1. The molecule has 0 radical (unpaired) electrons. The van der Waals surface area contributed by atoms with Gasteiger partial charge in [-0.3, -0.25) is 14.5 Å². The van der Waals surface area contributed by atoms with Crippen molar-refractivity contribution in [2.45, 2.75) is 38.8 Å². The van der Waals surface area contributed by atoms with Gasteiger partial charge in [-0.1, -0.05) is 18.2 Å². The molecule has 1 fully saturated rings. The summed E-state index contributed by atoms with van der Waals surface area (Å²) in [6.07, 6.45) is 3.51. The number of aromatic nitrogens is 2. The molecular weight excluding hydrogens is 498 g/mol. The lowest BCUT2D eigenvalue weighted by molar-refractivity contribution is -0.123. The largest absolute Gasteiger partial charge is 0.457 e. The highest BCUT2D eigenvalue weighted by atomic mass is 16.5. The van der Waals surface area contributed by atoms with Crippen LogP contribution in [0.4, 0.5) is 0 Å². The van der Waals surface area contributed by atoms with Gasteiger partial charge in [-0.05, 0) is 42.3 Å². The molecule has 0 unspecified atom stereocenters. The molecule has 1 aromatic heterocycles. The minimum atomic E-state index is -0.250. The maximum Gasteiger partial charge on any atom is 0.254 e. The van der Waals surface area contributed by atoms with Crippen molar-refractivity contribution in [3.05, 3.63) is 77.4 Å². The van der Waals surface area contributed by atoms with E-state index in [0.29, 0.717) is 49.9 Å². The van der Waals surface area contributed by atoms with Crippen LogP contribution >= 0.6 is 0 Å². The van der Waals surface area contributed by atoms with Gasteiger partial charge in [0.2, 0.25) is 5.91 Å². The van der Waals surface area contributed by atoms with E-state index in [4.69, 9.17) is 14.2 Å². The quantitative estimate of drug-likeness (QED) is 0.538. The molecule has 10 heteroatoms. The van der Waals surface area contributed by atoms with E-state index in [-0.39, 0.29) is 30.5 Å². The molecule has 2 atom stereocenters. The number of nitrogens with one attached hydrogen (secondary N) is 1. The van der Waals surface area contributed by atoms with Crippen LogP contribution in [0.25, 0.3) is 0 Å². The Labute approximate surface area is 228 Å². The van der Waals surface area contributed by atoms with Crippen LogP contribution in [0.1, 0.15) is 27.3 Å². The second kappa shape index (κ2) is 12.0. The van der Waals surface area contributed by atoms with Crippen molar-refractivity contribution in [3.8, 4) is 11.5 Å². The number of likely N-dealkylation sites (tertiary alicyclic amines) is 1. The maximum atomic E-state index is 13.1. The fourth-order valence-electron chi connectivity index (χ4n) is 5.01. The number of imidazole rings is 1. The Kier molecular flexibility index (Phi) is 8.25. The number of carbonyl (C=O) groups is 2. The molecule has 0 aliphatic carbocycles. The highest BCUT2D eigenvalue weighted by molar-refractivity contribution is 5.96. The Morgan fingerprint density at radius 3 is 2.87 bits per heavy atom. The number of fused-ring (bicyclic) bond motifs is 5. The number of methoxy groups -OCH3 is 1. The first kappa shape index (κ1) is 26.9. The van der Waals surface area contributed by atoms with Gasteiger partial charge in [0.25, 0.3) is 5.91 Å². The Balaban J connectivity index is 1.37. The van der Waals surface area contributed by atoms with Gasteiger partial charge < -0.3 is 29.0 Å². The maximum absolute atomic E-state index is 13.1. The number of benzene rings is 2. The summed E-state index contributed by atoms with van der Waals surface area (Å²) < 4.78 is 19.8. The highest BCUT2D eigenvalue weighted by Crippen LogP contribution is 2.28. The molecule has 0 saturated carbocycles. The summed E-state index contributed by atoms with van der Waals surface area (Å²) in [4.78, 5) is 34.4. The van der Waals surface area contributed by atoms with Crippen molar-refractivity contribution in [1.29, 1.82) is 0 Å². The topological polar surface area (TPSA) is 98.2 Å². The van der Waals surface area contributed by atoms with E-state index in [1.54, 1.807) is 32.5 Å². The predicted molar refractivity (Wildman–Crippen MR) is 145 cm³/mol. The molecule has 4 bridgehead atoms. The summed E-state index contributed by atoms with van der Waals surface area (Å²) >= 11 is 0. The zero-order valence-electron chi connectivity index (χ0n) is 22.6. The third kappa shape index (κ3) is 6.47. The van der Waals surface area contributed by atoms with Gasteiger partial charge in [0.05, 0.1) is 38.4 Å². The summed E-state index contributed by atoms with van der Waals surface area (Å²) in [6, 6.07) is 12.8. The second-order valence-electron chi connectivity index (χ2n) is 10.1. The summed E-state index contributed by atoms with van der Waals surface area (Å²) in [6.45, 7) is 5.44. The Morgan fingerprint density at radius 2 is 2.03 bits per heavy atom. The molecule has 2 amide bonds. The molecule has 2 aromatic carbocycles. The number of carbonyl (C=O) groups excluding carboxylic acids is 2. The molecular formula is C29H35N5O5. The number of rotatable bonds is 5. The van der Waals surface area contributed by atoms with Gasteiger partial charge in [-0.15, -0.1) is 0 Å². The van der Waals surface area contributed by atoms with Crippen molar-refractivity contribution in [3.63, 3.8) is 0 Å². The van der Waals surface area contributed by atoms with E-state index in [9.17, 15) is 9.59 Å². The van der Waals surface area contributed by atoms with Crippen LogP contribution in [0.3, 0.4) is 0 Å². The zero-order valence-corrected chi connectivity index (χ0v) is 22.6. The van der Waals surface area contributed by atoms with Crippen LogP contribution in [0.2, 0.25) is 0 Å². The fraction of sp³-hybridized carbons (Fsp3) is 0.414. The first-order valence-electron chi connectivity index (χ1n) is 13.1. The highest BCUT2D eigenvalue weighted by Gasteiger charge is 2.35. The molecule has 3 heterocycles. The minimum Gasteiger partial charge on any atom is -0.457 e. The summed E-state index contributed by atoms with van der Waals surface area (Å²) in [5, 5.41) is 3.12. The first-order valence-corrected chi connectivity index (χ1v) is 13.1. The average molecular weight is 534 g/mol. The summed E-state index contributed by atoms with van der Waals surface area (Å²) in [7, 11) is 3.31. The standard InChI is InChI=1S/C29H35N5O5/c1-20-7-8-22-14-25(20)39-23-6-4-5-21(13-23)19-38-26-16-33(17-27-30-9-10-34(27)11-12-37-3)15-24(26)31-28(35)18-32(2)29(22)36/h4-10,13-14,24,26H,11-12,15-19H2,1-3H3,(H,31,35)/t24-,26-/m0/s1. The van der Waals surface area contributed by atoms with Gasteiger partial charge in [0, 0.05) is 51.7 Å². The molecule has 2 aliphatic rings. The number of amides is 2. The normalized spacial score (nSPS) is 20.4. The van der Waals surface area contributed by atoms with E-state index in [1.165, 1.54) is 4.90 Å². The van der Waals surface area contributed by atoms with Crippen LogP contribution in [-0.2, 0) is 34.0 Å². The van der Waals surface area contributed by atoms with Gasteiger partial charge in [-0.25, -0.2) is 4.98 Å². The number of hydrogen-bond acceptors (Lipinski definition) is 7. The van der Waals surface area contributed by atoms with Gasteiger partial charge >= 0.3 is 0 Å². The van der Waals surface area contributed by atoms with Crippen LogP contribution in [0.5, 0.6) is 11.5 Å². The molecule has 5 rings (SSSR count). The lowest BCUT2D eigenvalue weighted by atomic mass is 10.1. The molecule has 206 valence electrons. The molecule has 1 saturated heterocycles. The summed E-state index contributed by atoms with van der Waals surface area (Å²) in [5.74, 6) is 1.72. The van der Waals surface area contributed by atoms with E-state index < -0.39 is 0 Å². The molecule has 3 aromatic rings. The Morgan fingerprint density at radius 1 is 1.15 bits per heavy atom. The van der Waals surface area contributed by atoms with Gasteiger partial charge in [-0.2, -0.15) is 0 Å². The zero-order chi connectivity index (χ0) is 27.4. The number of aryl methyl sites for hydroxylation is 1. The lowest BCUT2D eigenvalue weighted by Gasteiger charge is -2.23. The van der Waals surface area contributed by atoms with Crippen LogP contribution < -0.4 is 10.1 Å². The Bertz CT molecular complexity index is 1320. The van der Waals surface area contributed by atoms with Gasteiger partial charge in [0.1, 0.15) is 17.3 Å². The van der Waals surface area contributed by atoms with Crippen molar-refractivity contribution < 1.29 is 23.8 Å². The number of nitrogens with zero attached hydrogens (tertiary/aromatic N) is 4. The van der Waals surface area contributed by atoms with E-state index in [1.807, 2.05) is 43.5 Å². The lowest BCUT2D eigenvalue weighted by Crippen LogP contribution is -2.48. The predicted octanol–water partition coefficient (Wildman–Crippen LogP) is 2.60. The summed E-state index contributed by atoms with van der Waals surface area (Å²) in [5.41, 5.74) is 2.33. The van der Waals surface area contributed by atoms with Crippen LogP contribution in [-0.4, -0.2) is 83.7 Å². The van der Waals surface area contributed by atoms with Crippen LogP contribution in [0, 0.1) is 6.92 Å². The number of ether oxygens (including phenoxy) is 3. The first-order chi connectivity index (χ1) is 18.9. The number of hydrogen-bond donors (Lipinski definition) is 1. The van der Waals surface area contributed by atoms with E-state index >= 15 is 0 Å². The third-order valence-corrected chi connectivity index (χ3v) is 7.14. The monoisotopic (exact) mass is 533 g/mol. The van der Waals surface area contributed by atoms with E-state index in [2.05, 4.69) is 19.8 Å². The third-order valence-electron chi connectivity index (χ3n) is 7.14. The number of likely N-dealkylation sites (N-methyl/N-ethyl adjacent to an activating group) is 1. The van der Waals surface area contributed by atoms with Crippen molar-refractivity contribution in [1.82, 2.24) is 24.7 Å². The smallest absolute Gasteiger partial charge is 0.254 e. The van der Waals surface area contributed by atoms with Crippen molar-refractivity contribution in [2.24, 2.45) is 0 Å². The van der Waals surface area contributed by atoms with Gasteiger partial charge in [0.15, 0.2) is 0 Å². The van der Waals surface area contributed by atoms with Crippen LogP contribution in [0.15, 0.2) is 54.9 Å².